The minimum atomic E-state index is -0.754. The van der Waals surface area contributed by atoms with Crippen LogP contribution in [0.25, 0.3) is 5.76 Å². The molecule has 0 aliphatic carbocycles. The third-order valence-corrected chi connectivity index (χ3v) is 6.64. The van der Waals surface area contributed by atoms with Crippen molar-refractivity contribution in [2.75, 3.05) is 11.5 Å². The first-order chi connectivity index (χ1) is 15.6. The van der Waals surface area contributed by atoms with Crippen molar-refractivity contribution in [2.45, 2.75) is 18.9 Å². The molecule has 6 nitrogen and oxygen atoms in total. The molecule has 2 aliphatic rings. The van der Waals surface area contributed by atoms with Gasteiger partial charge in [-0.05, 0) is 72.3 Å². The number of aryl methyl sites for hydroxylation is 1. The summed E-state index contributed by atoms with van der Waals surface area (Å²) >= 11 is 1.41. The second-order valence-corrected chi connectivity index (χ2v) is 8.60. The summed E-state index contributed by atoms with van der Waals surface area (Å²) in [5, 5.41) is 22.2. The average Bonchev–Trinajstić information content (AvgIpc) is 3.45. The summed E-state index contributed by atoms with van der Waals surface area (Å²) in [6, 6.07) is 16.8. The number of benzene rings is 2. The molecule has 1 amide bonds. The lowest BCUT2D eigenvalue weighted by Gasteiger charge is -2.24. The van der Waals surface area contributed by atoms with Crippen LogP contribution in [0.4, 0.5) is 5.69 Å². The van der Waals surface area contributed by atoms with Crippen LogP contribution in [0.5, 0.6) is 5.75 Å². The zero-order valence-electron chi connectivity index (χ0n) is 16.9. The molecule has 1 saturated heterocycles. The van der Waals surface area contributed by atoms with Crippen LogP contribution in [-0.2, 0) is 16.0 Å². The summed E-state index contributed by atoms with van der Waals surface area (Å²) < 4.78 is 5.65. The number of nitrogens with zero attached hydrogens (tertiary/aromatic N) is 2. The molecule has 32 heavy (non-hydrogen) atoms. The van der Waals surface area contributed by atoms with Crippen LogP contribution in [0.3, 0.4) is 0 Å². The maximum absolute atomic E-state index is 13.1. The van der Waals surface area contributed by atoms with E-state index >= 15 is 0 Å². The molecule has 2 aromatic carbocycles. The van der Waals surface area contributed by atoms with Crippen LogP contribution in [0.1, 0.15) is 34.0 Å². The molecule has 5 rings (SSSR count). The predicted octanol–water partition coefficient (Wildman–Crippen LogP) is 4.57. The molecule has 3 heterocycles. The fourth-order valence-electron chi connectivity index (χ4n) is 4.17. The zero-order valence-corrected chi connectivity index (χ0v) is 17.8. The van der Waals surface area contributed by atoms with Gasteiger partial charge in [0, 0.05) is 16.1 Å². The number of ketones is 1. The van der Waals surface area contributed by atoms with E-state index in [9.17, 15) is 14.7 Å². The van der Waals surface area contributed by atoms with Gasteiger partial charge in [-0.1, -0.05) is 6.07 Å². The second-order valence-electron chi connectivity index (χ2n) is 7.62. The average molecular weight is 442 g/mol. The molecule has 2 aliphatic heterocycles. The highest BCUT2D eigenvalue weighted by atomic mass is 32.1. The molecule has 1 aromatic heterocycles. The standard InChI is InChI=1S/C25H18N2O4S/c26-14-15-5-8-18(9-6-15)27-22(20-4-2-12-32-20)21(24(29)25(27)30)23(28)17-7-10-19-16(13-17)3-1-11-31-19/h2,4-10,12-13,22,28H,1,3,11H2/b23-21-. The topological polar surface area (TPSA) is 90.6 Å². The van der Waals surface area contributed by atoms with Crippen molar-refractivity contribution in [2.24, 2.45) is 0 Å². The lowest BCUT2D eigenvalue weighted by atomic mass is 9.97. The largest absolute Gasteiger partial charge is 0.507 e. The van der Waals surface area contributed by atoms with Gasteiger partial charge in [0.2, 0.25) is 0 Å². The molecule has 0 saturated carbocycles. The van der Waals surface area contributed by atoms with Crippen molar-refractivity contribution in [1.82, 2.24) is 0 Å². The minimum absolute atomic E-state index is 0.0542. The summed E-state index contributed by atoms with van der Waals surface area (Å²) in [6.45, 7) is 0.659. The quantitative estimate of drug-likeness (QED) is 0.365. The van der Waals surface area contributed by atoms with Crippen LogP contribution in [-0.4, -0.2) is 23.4 Å². The number of fused-ring (bicyclic) bond motifs is 1. The van der Waals surface area contributed by atoms with Crippen molar-refractivity contribution in [3.63, 3.8) is 0 Å². The molecule has 0 bridgehead atoms. The van der Waals surface area contributed by atoms with Crippen molar-refractivity contribution < 1.29 is 19.4 Å². The van der Waals surface area contributed by atoms with Gasteiger partial charge in [-0.15, -0.1) is 11.3 Å². The number of thiophene rings is 1. The van der Waals surface area contributed by atoms with Crippen molar-refractivity contribution >= 4 is 34.5 Å². The summed E-state index contributed by atoms with van der Waals surface area (Å²) in [5.41, 5.74) is 2.44. The molecule has 0 radical (unpaired) electrons. The Morgan fingerprint density at radius 3 is 2.69 bits per heavy atom. The molecular weight excluding hydrogens is 424 g/mol. The number of rotatable bonds is 3. The van der Waals surface area contributed by atoms with E-state index in [1.165, 1.54) is 16.2 Å². The smallest absolute Gasteiger partial charge is 0.300 e. The number of carbonyl (C=O) groups is 2. The third kappa shape index (κ3) is 3.26. The minimum Gasteiger partial charge on any atom is -0.507 e. The fraction of sp³-hybridized carbons (Fsp3) is 0.160. The van der Waals surface area contributed by atoms with Gasteiger partial charge in [0.05, 0.1) is 23.8 Å². The SMILES string of the molecule is N#Cc1ccc(N2C(=O)C(=O)/C(=C(\O)c3ccc4c(c3)CCCO4)C2c2cccs2)cc1. The van der Waals surface area contributed by atoms with E-state index in [4.69, 9.17) is 10.00 Å². The Morgan fingerprint density at radius 1 is 1.16 bits per heavy atom. The Bertz CT molecular complexity index is 1290. The first-order valence-electron chi connectivity index (χ1n) is 10.2. The number of ether oxygens (including phenoxy) is 1. The van der Waals surface area contributed by atoms with Crippen LogP contribution in [0.15, 0.2) is 65.6 Å². The van der Waals surface area contributed by atoms with E-state index in [1.54, 1.807) is 36.4 Å². The molecule has 158 valence electrons. The van der Waals surface area contributed by atoms with E-state index in [-0.39, 0.29) is 11.3 Å². The summed E-state index contributed by atoms with van der Waals surface area (Å²) in [7, 11) is 0. The highest BCUT2D eigenvalue weighted by molar-refractivity contribution is 7.10. The van der Waals surface area contributed by atoms with E-state index in [2.05, 4.69) is 0 Å². The first kappa shape index (κ1) is 20.0. The molecule has 1 atom stereocenters. The van der Waals surface area contributed by atoms with Crippen LogP contribution in [0, 0.1) is 11.3 Å². The maximum Gasteiger partial charge on any atom is 0.300 e. The molecular formula is C25H18N2O4S. The molecule has 1 N–H and O–H groups in total. The van der Waals surface area contributed by atoms with Gasteiger partial charge in [-0.25, -0.2) is 0 Å². The molecule has 1 fully saturated rings. The second kappa shape index (κ2) is 7.98. The molecule has 3 aromatic rings. The monoisotopic (exact) mass is 442 g/mol. The lowest BCUT2D eigenvalue weighted by molar-refractivity contribution is -0.132. The van der Waals surface area contributed by atoms with Gasteiger partial charge in [-0.2, -0.15) is 5.26 Å². The lowest BCUT2D eigenvalue weighted by Crippen LogP contribution is -2.29. The first-order valence-corrected chi connectivity index (χ1v) is 11.1. The molecule has 7 heteroatoms. The van der Waals surface area contributed by atoms with Crippen LogP contribution in [0.2, 0.25) is 0 Å². The predicted molar refractivity (Wildman–Crippen MR) is 121 cm³/mol. The number of amides is 1. The highest BCUT2D eigenvalue weighted by Gasteiger charge is 2.47. The number of anilines is 1. The van der Waals surface area contributed by atoms with E-state index in [0.717, 1.165) is 29.0 Å². The van der Waals surface area contributed by atoms with E-state index < -0.39 is 17.7 Å². The number of hydrogen-bond donors (Lipinski definition) is 1. The van der Waals surface area contributed by atoms with E-state index in [1.807, 2.05) is 29.6 Å². The third-order valence-electron chi connectivity index (χ3n) is 5.71. The van der Waals surface area contributed by atoms with Gasteiger partial charge in [0.15, 0.2) is 0 Å². The number of carbonyl (C=O) groups excluding carboxylic acids is 2. The Hall–Kier alpha value is -3.89. The number of nitriles is 1. The Morgan fingerprint density at radius 2 is 1.97 bits per heavy atom. The van der Waals surface area contributed by atoms with Crippen LogP contribution >= 0.6 is 11.3 Å². The number of hydrogen-bond acceptors (Lipinski definition) is 6. The summed E-state index contributed by atoms with van der Waals surface area (Å²) in [5.74, 6) is -0.873. The van der Waals surface area contributed by atoms with Crippen molar-refractivity contribution in [3.05, 3.63) is 87.1 Å². The number of Topliss-reactive ketones (excluding diaryl/α,β-unsaturated/α-hetero) is 1. The zero-order chi connectivity index (χ0) is 22.2. The Kier molecular flexibility index (Phi) is 5.00. The van der Waals surface area contributed by atoms with Gasteiger partial charge < -0.3 is 9.84 Å². The molecule has 1 unspecified atom stereocenters. The van der Waals surface area contributed by atoms with Gasteiger partial charge in [-0.3, -0.25) is 14.5 Å². The number of aliphatic hydroxyl groups is 1. The van der Waals surface area contributed by atoms with Gasteiger partial charge in [0.25, 0.3) is 11.7 Å². The Labute approximate surface area is 188 Å². The summed E-state index contributed by atoms with van der Waals surface area (Å²) in [6.07, 6.45) is 1.71. The summed E-state index contributed by atoms with van der Waals surface area (Å²) in [4.78, 5) is 28.4. The molecule has 0 spiro atoms. The van der Waals surface area contributed by atoms with Gasteiger partial charge in [0.1, 0.15) is 17.6 Å². The highest BCUT2D eigenvalue weighted by Crippen LogP contribution is 2.44. The normalized spacial score (nSPS) is 19.3. The van der Waals surface area contributed by atoms with Crippen molar-refractivity contribution in [1.29, 1.82) is 5.26 Å². The van der Waals surface area contributed by atoms with Gasteiger partial charge >= 0.3 is 0 Å². The van der Waals surface area contributed by atoms with Crippen LogP contribution < -0.4 is 9.64 Å². The van der Waals surface area contributed by atoms with E-state index in [0.29, 0.717) is 23.4 Å². The van der Waals surface area contributed by atoms with Crippen molar-refractivity contribution in [3.8, 4) is 11.8 Å². The number of aliphatic hydroxyl groups excluding tert-OH is 1. The maximum atomic E-state index is 13.1. The fourth-order valence-corrected chi connectivity index (χ4v) is 5.00. The Balaban J connectivity index is 1.66.